The number of methoxy groups -OCH3 is 1. The molecule has 1 saturated carbocycles. The zero-order valence-electron chi connectivity index (χ0n) is 16.6. The van der Waals surface area contributed by atoms with E-state index in [1.165, 1.54) is 58.5 Å². The molecule has 2 aliphatic heterocycles. The third kappa shape index (κ3) is 5.58. The molecule has 0 aromatic heterocycles. The van der Waals surface area contributed by atoms with Crippen LogP contribution in [-0.4, -0.2) is 66.5 Å². The van der Waals surface area contributed by atoms with Crippen molar-refractivity contribution < 1.29 is 14.3 Å². The van der Waals surface area contributed by atoms with E-state index in [0.717, 1.165) is 19.5 Å². The Morgan fingerprint density at radius 3 is 2.33 bits per heavy atom. The summed E-state index contributed by atoms with van der Waals surface area (Å²) in [6, 6.07) is -0.715. The molecule has 0 bridgehead atoms. The fourth-order valence-electron chi connectivity index (χ4n) is 5.06. The summed E-state index contributed by atoms with van der Waals surface area (Å²) in [6.45, 7) is 2.74. The van der Waals surface area contributed by atoms with Crippen molar-refractivity contribution in [2.75, 3.05) is 26.7 Å². The second-order valence-corrected chi connectivity index (χ2v) is 8.36. The van der Waals surface area contributed by atoms with Crippen LogP contribution >= 0.6 is 12.4 Å². The van der Waals surface area contributed by atoms with Crippen molar-refractivity contribution >= 4 is 24.3 Å². The number of piperidine rings is 1. The Hall–Kier alpha value is -0.850. The number of ether oxygens (including phenoxy) is 1. The molecule has 3 rings (SSSR count). The SMILES string of the molecule is COC(=O)[C@@H]1C[C@@H](N2CCCCC2)CN1C(=O)[C@H](N)CC1CCCCC1.Cl. The van der Waals surface area contributed by atoms with Crippen molar-refractivity contribution in [1.82, 2.24) is 9.80 Å². The second-order valence-electron chi connectivity index (χ2n) is 8.36. The van der Waals surface area contributed by atoms with Crippen molar-refractivity contribution in [1.29, 1.82) is 0 Å². The molecule has 1 aliphatic carbocycles. The van der Waals surface area contributed by atoms with E-state index in [4.69, 9.17) is 10.5 Å². The minimum atomic E-state index is -0.495. The van der Waals surface area contributed by atoms with Gasteiger partial charge < -0.3 is 15.4 Å². The van der Waals surface area contributed by atoms with Crippen LogP contribution in [0.3, 0.4) is 0 Å². The number of carbonyl (C=O) groups excluding carboxylic acids is 2. The van der Waals surface area contributed by atoms with E-state index in [0.29, 0.717) is 18.9 Å². The summed E-state index contributed by atoms with van der Waals surface area (Å²) in [5, 5.41) is 0. The van der Waals surface area contributed by atoms with Gasteiger partial charge in [-0.25, -0.2) is 4.79 Å². The number of amides is 1. The van der Waals surface area contributed by atoms with Gasteiger partial charge in [-0.05, 0) is 44.7 Å². The summed E-state index contributed by atoms with van der Waals surface area (Å²) >= 11 is 0. The number of nitrogens with two attached hydrogens (primary N) is 1. The van der Waals surface area contributed by atoms with E-state index in [1.54, 1.807) is 4.90 Å². The van der Waals surface area contributed by atoms with Gasteiger partial charge in [0.2, 0.25) is 5.91 Å². The fraction of sp³-hybridized carbons (Fsp3) is 0.900. The van der Waals surface area contributed by atoms with Crippen molar-refractivity contribution in [3.8, 4) is 0 Å². The van der Waals surface area contributed by atoms with Gasteiger partial charge in [0, 0.05) is 12.6 Å². The third-order valence-corrected chi connectivity index (χ3v) is 6.57. The molecule has 0 spiro atoms. The highest BCUT2D eigenvalue weighted by Gasteiger charge is 2.43. The Kier molecular flexibility index (Phi) is 8.83. The minimum Gasteiger partial charge on any atom is -0.467 e. The maximum atomic E-state index is 13.1. The Bertz CT molecular complexity index is 493. The van der Waals surface area contributed by atoms with Crippen LogP contribution in [-0.2, 0) is 14.3 Å². The first-order valence-corrected chi connectivity index (χ1v) is 10.5. The quantitative estimate of drug-likeness (QED) is 0.715. The van der Waals surface area contributed by atoms with Gasteiger partial charge in [0.15, 0.2) is 0 Å². The number of likely N-dealkylation sites (tertiary alicyclic amines) is 2. The standard InChI is InChI=1S/C20H35N3O3.ClH/c1-26-20(25)18-13-16(22-10-6-3-7-11-22)14-23(18)19(24)17(21)12-15-8-4-2-5-9-15;/h15-18H,2-14,21H2,1H3;1H/t16-,17-,18+;/m1./s1. The summed E-state index contributed by atoms with van der Waals surface area (Å²) < 4.78 is 4.99. The van der Waals surface area contributed by atoms with Crippen LogP contribution < -0.4 is 5.73 Å². The van der Waals surface area contributed by atoms with Crippen LogP contribution in [0.4, 0.5) is 0 Å². The van der Waals surface area contributed by atoms with Crippen molar-refractivity contribution in [3.05, 3.63) is 0 Å². The number of rotatable bonds is 5. The molecule has 2 heterocycles. The average molecular weight is 402 g/mol. The van der Waals surface area contributed by atoms with Gasteiger partial charge >= 0.3 is 5.97 Å². The van der Waals surface area contributed by atoms with E-state index >= 15 is 0 Å². The third-order valence-electron chi connectivity index (χ3n) is 6.57. The molecular weight excluding hydrogens is 366 g/mol. The van der Waals surface area contributed by atoms with Crippen LogP contribution in [0.5, 0.6) is 0 Å². The van der Waals surface area contributed by atoms with E-state index in [2.05, 4.69) is 4.90 Å². The molecule has 2 saturated heterocycles. The lowest BCUT2D eigenvalue weighted by Crippen LogP contribution is -2.50. The van der Waals surface area contributed by atoms with Crippen molar-refractivity contribution in [2.45, 2.75) is 82.3 Å². The normalized spacial score (nSPS) is 28.4. The van der Waals surface area contributed by atoms with Crippen LogP contribution in [0.2, 0.25) is 0 Å². The van der Waals surface area contributed by atoms with Gasteiger partial charge in [-0.3, -0.25) is 9.69 Å². The van der Waals surface area contributed by atoms with Gasteiger partial charge in [-0.15, -0.1) is 12.4 Å². The van der Waals surface area contributed by atoms with Crippen LogP contribution in [0.25, 0.3) is 0 Å². The van der Waals surface area contributed by atoms with E-state index < -0.39 is 12.1 Å². The molecule has 3 fully saturated rings. The minimum absolute atomic E-state index is 0. The molecule has 1 amide bonds. The summed E-state index contributed by atoms with van der Waals surface area (Å²) in [7, 11) is 1.40. The predicted molar refractivity (Wildman–Crippen MR) is 108 cm³/mol. The average Bonchev–Trinajstić information content (AvgIpc) is 3.13. The van der Waals surface area contributed by atoms with Gasteiger partial charge in [-0.2, -0.15) is 0 Å². The van der Waals surface area contributed by atoms with Crippen molar-refractivity contribution in [3.63, 3.8) is 0 Å². The van der Waals surface area contributed by atoms with E-state index in [-0.39, 0.29) is 30.3 Å². The fourth-order valence-corrected chi connectivity index (χ4v) is 5.06. The molecule has 0 aromatic carbocycles. The second kappa shape index (κ2) is 10.6. The highest BCUT2D eigenvalue weighted by molar-refractivity contribution is 5.88. The van der Waals surface area contributed by atoms with Crippen LogP contribution in [0.1, 0.15) is 64.2 Å². The summed E-state index contributed by atoms with van der Waals surface area (Å²) in [6.07, 6.45) is 11.3. The molecule has 27 heavy (non-hydrogen) atoms. The largest absolute Gasteiger partial charge is 0.467 e. The topological polar surface area (TPSA) is 75.9 Å². The number of carbonyl (C=O) groups is 2. The van der Waals surface area contributed by atoms with Crippen LogP contribution in [0, 0.1) is 5.92 Å². The lowest BCUT2D eigenvalue weighted by atomic mass is 9.84. The number of halogens is 1. The number of esters is 1. The first-order valence-electron chi connectivity index (χ1n) is 10.5. The molecule has 0 aromatic rings. The maximum absolute atomic E-state index is 13.1. The lowest BCUT2D eigenvalue weighted by molar-refractivity contribution is -0.151. The summed E-state index contributed by atoms with van der Waals surface area (Å²) in [4.78, 5) is 29.5. The van der Waals surface area contributed by atoms with Crippen molar-refractivity contribution in [2.24, 2.45) is 11.7 Å². The van der Waals surface area contributed by atoms with E-state index in [9.17, 15) is 9.59 Å². The number of hydrogen-bond acceptors (Lipinski definition) is 5. The molecule has 156 valence electrons. The monoisotopic (exact) mass is 401 g/mol. The molecular formula is C20H36ClN3O3. The molecule has 0 unspecified atom stereocenters. The molecule has 2 N–H and O–H groups in total. The zero-order chi connectivity index (χ0) is 18.5. The summed E-state index contributed by atoms with van der Waals surface area (Å²) in [5.41, 5.74) is 6.30. The summed E-state index contributed by atoms with van der Waals surface area (Å²) in [5.74, 6) is 0.188. The molecule has 7 heteroatoms. The lowest BCUT2D eigenvalue weighted by Gasteiger charge is -2.32. The van der Waals surface area contributed by atoms with Gasteiger partial charge in [0.05, 0.1) is 13.2 Å². The Balaban J connectivity index is 0.00000261. The Labute approximate surface area is 169 Å². The molecule has 0 radical (unpaired) electrons. The number of hydrogen-bond donors (Lipinski definition) is 1. The van der Waals surface area contributed by atoms with Gasteiger partial charge in [0.25, 0.3) is 0 Å². The maximum Gasteiger partial charge on any atom is 0.328 e. The first kappa shape index (κ1) is 22.4. The molecule has 3 atom stereocenters. The Morgan fingerprint density at radius 1 is 1.07 bits per heavy atom. The molecule has 6 nitrogen and oxygen atoms in total. The smallest absolute Gasteiger partial charge is 0.328 e. The predicted octanol–water partition coefficient (Wildman–Crippen LogP) is 2.33. The zero-order valence-corrected chi connectivity index (χ0v) is 17.4. The van der Waals surface area contributed by atoms with E-state index in [1.807, 2.05) is 0 Å². The highest BCUT2D eigenvalue weighted by atomic mass is 35.5. The Morgan fingerprint density at radius 2 is 1.70 bits per heavy atom. The first-order chi connectivity index (χ1) is 12.6. The molecule has 3 aliphatic rings. The number of nitrogens with zero attached hydrogens (tertiary/aromatic N) is 2. The van der Waals surface area contributed by atoms with Gasteiger partial charge in [-0.1, -0.05) is 38.5 Å². The van der Waals surface area contributed by atoms with Crippen LogP contribution in [0.15, 0.2) is 0 Å². The highest BCUT2D eigenvalue weighted by Crippen LogP contribution is 2.30. The van der Waals surface area contributed by atoms with Gasteiger partial charge in [0.1, 0.15) is 6.04 Å².